The number of hydrogen-bond acceptors (Lipinski definition) is 3. The van der Waals surface area contributed by atoms with Crippen molar-refractivity contribution in [3.8, 4) is 0 Å². The largest absolute Gasteiger partial charge is 0.347 e. The summed E-state index contributed by atoms with van der Waals surface area (Å²) in [5.74, 6) is 0.704. The zero-order valence-corrected chi connectivity index (χ0v) is 14.4. The number of nitrogens with one attached hydrogen (secondary N) is 1. The molecular formula is C18H26N4O2. The molecule has 6 heteroatoms. The van der Waals surface area contributed by atoms with Gasteiger partial charge in [-0.1, -0.05) is 13.0 Å². The summed E-state index contributed by atoms with van der Waals surface area (Å²) in [4.78, 5) is 31.7. The van der Waals surface area contributed by atoms with Gasteiger partial charge < -0.3 is 14.8 Å². The van der Waals surface area contributed by atoms with Gasteiger partial charge in [-0.2, -0.15) is 0 Å². The maximum Gasteiger partial charge on any atom is 0.289 e. The van der Waals surface area contributed by atoms with Crippen LogP contribution < -0.4 is 5.32 Å². The Morgan fingerprint density at radius 2 is 2.17 bits per heavy atom. The first kappa shape index (κ1) is 16.7. The third-order valence-corrected chi connectivity index (χ3v) is 4.88. The number of carbonyl (C=O) groups excluding carboxylic acids is 2. The Balaban J connectivity index is 1.90. The topological polar surface area (TPSA) is 67.2 Å². The predicted molar refractivity (Wildman–Crippen MR) is 92.0 cm³/mol. The summed E-state index contributed by atoms with van der Waals surface area (Å²) in [6.45, 7) is 8.51. The summed E-state index contributed by atoms with van der Waals surface area (Å²) in [6.07, 6.45) is 6.69. The van der Waals surface area contributed by atoms with E-state index in [0.717, 1.165) is 51.0 Å². The molecule has 0 radical (unpaired) electrons. The summed E-state index contributed by atoms with van der Waals surface area (Å²) in [5.41, 5.74) is 1.31. The van der Waals surface area contributed by atoms with E-state index in [1.807, 2.05) is 9.47 Å². The van der Waals surface area contributed by atoms with E-state index in [1.165, 1.54) is 6.42 Å². The molecule has 2 aliphatic heterocycles. The van der Waals surface area contributed by atoms with Crippen molar-refractivity contribution in [1.29, 1.82) is 0 Å². The van der Waals surface area contributed by atoms with Crippen molar-refractivity contribution in [2.75, 3.05) is 19.6 Å². The normalized spacial score (nSPS) is 20.4. The van der Waals surface area contributed by atoms with Gasteiger partial charge in [0.2, 0.25) is 0 Å². The molecule has 1 aromatic rings. The van der Waals surface area contributed by atoms with Crippen molar-refractivity contribution in [2.45, 2.75) is 45.6 Å². The highest BCUT2D eigenvalue weighted by Gasteiger charge is 2.31. The first-order valence-corrected chi connectivity index (χ1v) is 8.89. The van der Waals surface area contributed by atoms with E-state index in [9.17, 15) is 9.59 Å². The second-order valence-corrected chi connectivity index (χ2v) is 6.84. The van der Waals surface area contributed by atoms with Crippen molar-refractivity contribution in [3.63, 3.8) is 0 Å². The molecule has 1 atom stereocenters. The lowest BCUT2D eigenvalue weighted by molar-refractivity contribution is 0.0664. The fourth-order valence-electron chi connectivity index (χ4n) is 3.65. The predicted octanol–water partition coefficient (Wildman–Crippen LogP) is 2.01. The number of imidazole rings is 1. The molecule has 1 unspecified atom stereocenters. The Kier molecular flexibility index (Phi) is 5.02. The van der Waals surface area contributed by atoms with E-state index in [4.69, 9.17) is 0 Å². The van der Waals surface area contributed by atoms with E-state index in [2.05, 4.69) is 23.8 Å². The fraction of sp³-hybridized carbons (Fsp3) is 0.611. The Labute approximate surface area is 142 Å². The van der Waals surface area contributed by atoms with Crippen molar-refractivity contribution in [3.05, 3.63) is 29.9 Å². The molecule has 1 N–H and O–H groups in total. The number of piperidine rings is 1. The summed E-state index contributed by atoms with van der Waals surface area (Å²) >= 11 is 0. The smallest absolute Gasteiger partial charge is 0.289 e. The zero-order chi connectivity index (χ0) is 17.1. The minimum Gasteiger partial charge on any atom is -0.347 e. The zero-order valence-electron chi connectivity index (χ0n) is 14.4. The van der Waals surface area contributed by atoms with Crippen molar-refractivity contribution in [1.82, 2.24) is 19.8 Å². The molecule has 3 rings (SSSR count). The van der Waals surface area contributed by atoms with Crippen LogP contribution in [0.25, 0.3) is 0 Å². The van der Waals surface area contributed by atoms with Crippen LogP contribution in [0.2, 0.25) is 0 Å². The summed E-state index contributed by atoms with van der Waals surface area (Å²) in [7, 11) is 0. The molecule has 3 heterocycles. The Morgan fingerprint density at radius 1 is 1.33 bits per heavy atom. The Hall–Kier alpha value is -2.11. The van der Waals surface area contributed by atoms with Crippen LogP contribution in [0.1, 0.15) is 59.4 Å². The molecule has 0 saturated carbocycles. The van der Waals surface area contributed by atoms with E-state index >= 15 is 0 Å². The maximum absolute atomic E-state index is 13.0. The van der Waals surface area contributed by atoms with Gasteiger partial charge >= 0.3 is 0 Å². The average molecular weight is 330 g/mol. The summed E-state index contributed by atoms with van der Waals surface area (Å²) < 4.78 is 1.97. The lowest BCUT2D eigenvalue weighted by Gasteiger charge is -2.31. The van der Waals surface area contributed by atoms with Gasteiger partial charge in [0, 0.05) is 26.2 Å². The number of carbonyl (C=O) groups is 2. The van der Waals surface area contributed by atoms with Gasteiger partial charge in [0.1, 0.15) is 5.69 Å². The third-order valence-electron chi connectivity index (χ3n) is 4.88. The van der Waals surface area contributed by atoms with Crippen LogP contribution >= 0.6 is 0 Å². The van der Waals surface area contributed by atoms with Crippen LogP contribution in [0.15, 0.2) is 12.7 Å². The number of nitrogens with zero attached hydrogens (tertiary/aromatic N) is 3. The number of likely N-dealkylation sites (tertiary alicyclic amines) is 1. The molecule has 1 aromatic heterocycles. The van der Waals surface area contributed by atoms with Crippen LogP contribution in [0, 0.1) is 5.92 Å². The summed E-state index contributed by atoms with van der Waals surface area (Å²) in [6, 6.07) is 0. The molecular weight excluding hydrogens is 304 g/mol. The molecule has 0 aliphatic carbocycles. The summed E-state index contributed by atoms with van der Waals surface area (Å²) in [5, 5.41) is 2.78. The van der Waals surface area contributed by atoms with Crippen molar-refractivity contribution < 1.29 is 9.59 Å². The van der Waals surface area contributed by atoms with Gasteiger partial charge in [0.15, 0.2) is 5.82 Å². The van der Waals surface area contributed by atoms with Gasteiger partial charge in [-0.25, -0.2) is 4.98 Å². The molecule has 130 valence electrons. The van der Waals surface area contributed by atoms with Gasteiger partial charge in [-0.05, 0) is 38.0 Å². The van der Waals surface area contributed by atoms with E-state index in [0.29, 0.717) is 24.0 Å². The second kappa shape index (κ2) is 7.20. The first-order valence-electron chi connectivity index (χ1n) is 8.89. The van der Waals surface area contributed by atoms with E-state index in [1.54, 1.807) is 6.08 Å². The monoisotopic (exact) mass is 330 g/mol. The quantitative estimate of drug-likeness (QED) is 0.859. The highest BCUT2D eigenvalue weighted by atomic mass is 16.2. The highest BCUT2D eigenvalue weighted by Crippen LogP contribution is 2.24. The van der Waals surface area contributed by atoms with Crippen LogP contribution in [-0.2, 0) is 13.0 Å². The molecule has 24 heavy (non-hydrogen) atoms. The first-order chi connectivity index (χ1) is 11.6. The van der Waals surface area contributed by atoms with Crippen LogP contribution in [0.3, 0.4) is 0 Å². The Morgan fingerprint density at radius 3 is 2.92 bits per heavy atom. The van der Waals surface area contributed by atoms with Gasteiger partial charge in [-0.15, -0.1) is 6.58 Å². The molecule has 2 aliphatic rings. The van der Waals surface area contributed by atoms with Crippen LogP contribution in [0.4, 0.5) is 0 Å². The molecule has 0 spiro atoms. The van der Waals surface area contributed by atoms with E-state index < -0.39 is 0 Å². The van der Waals surface area contributed by atoms with Crippen molar-refractivity contribution >= 4 is 11.8 Å². The van der Waals surface area contributed by atoms with Crippen molar-refractivity contribution in [2.24, 2.45) is 5.92 Å². The minimum absolute atomic E-state index is 0.0347. The van der Waals surface area contributed by atoms with Gasteiger partial charge in [0.05, 0.1) is 5.69 Å². The number of aromatic nitrogens is 2. The average Bonchev–Trinajstić information content (AvgIpc) is 2.99. The molecule has 6 nitrogen and oxygen atoms in total. The molecule has 0 aromatic carbocycles. The van der Waals surface area contributed by atoms with Crippen LogP contribution in [-0.4, -0.2) is 45.9 Å². The molecule has 2 amide bonds. The maximum atomic E-state index is 13.0. The molecule has 1 fully saturated rings. The van der Waals surface area contributed by atoms with Crippen LogP contribution in [0.5, 0.6) is 0 Å². The van der Waals surface area contributed by atoms with Gasteiger partial charge in [-0.3, -0.25) is 9.59 Å². The van der Waals surface area contributed by atoms with E-state index in [-0.39, 0.29) is 11.8 Å². The molecule has 0 bridgehead atoms. The fourth-order valence-corrected chi connectivity index (χ4v) is 3.65. The third kappa shape index (κ3) is 3.23. The Bertz CT molecular complexity index is 650. The van der Waals surface area contributed by atoms with Gasteiger partial charge in [0.25, 0.3) is 11.8 Å². The SMILES string of the molecule is C=CCNC(=O)c1nc(C(=O)N2CCCC(C)C2)n2c1CCCC2. The molecule has 1 saturated heterocycles. The standard InChI is InChI=1S/C18H26N4O2/c1-3-9-19-17(23)15-14-8-4-5-11-22(14)16(20-15)18(24)21-10-6-7-13(2)12-21/h3,13H,1,4-12H2,2H3,(H,19,23). The minimum atomic E-state index is -0.216. The lowest BCUT2D eigenvalue weighted by Crippen LogP contribution is -2.40. The lowest BCUT2D eigenvalue weighted by atomic mass is 10.0. The number of hydrogen-bond donors (Lipinski definition) is 1. The number of fused-ring (bicyclic) bond motifs is 1. The highest BCUT2D eigenvalue weighted by molar-refractivity contribution is 5.97. The number of rotatable bonds is 4. The second-order valence-electron chi connectivity index (χ2n) is 6.84. The number of amides is 2.